The van der Waals surface area contributed by atoms with Gasteiger partial charge >= 0.3 is 5.97 Å². The molecule has 1 aromatic rings. The number of hydrogen-bond donors (Lipinski definition) is 2. The summed E-state index contributed by atoms with van der Waals surface area (Å²) >= 11 is 0. The number of aromatic nitrogens is 1. The van der Waals surface area contributed by atoms with Crippen molar-refractivity contribution in [3.05, 3.63) is 36.0 Å². The first-order chi connectivity index (χ1) is 7.24. The van der Waals surface area contributed by atoms with Crippen LogP contribution in [0.4, 0.5) is 5.82 Å². The van der Waals surface area contributed by atoms with Gasteiger partial charge in [0.2, 0.25) is 0 Å². The molecule has 2 N–H and O–H groups in total. The molecule has 0 aliphatic carbocycles. The van der Waals surface area contributed by atoms with E-state index in [4.69, 9.17) is 5.11 Å². The maximum absolute atomic E-state index is 10.6. The largest absolute Gasteiger partial charge is 0.477 e. The summed E-state index contributed by atoms with van der Waals surface area (Å²) in [5, 5.41) is 11.7. The number of nitrogens with zero attached hydrogens (tertiary/aromatic N) is 1. The lowest BCUT2D eigenvalue weighted by atomic mass is 10.3. The van der Waals surface area contributed by atoms with Crippen molar-refractivity contribution in [1.82, 2.24) is 4.98 Å². The zero-order valence-electron chi connectivity index (χ0n) is 8.60. The number of allylic oxidation sites excluding steroid dienone is 1. The topological polar surface area (TPSA) is 62.2 Å². The predicted octanol–water partition coefficient (Wildman–Crippen LogP) is 2.16. The highest BCUT2D eigenvalue weighted by Gasteiger charge is 2.03. The molecule has 0 radical (unpaired) electrons. The van der Waals surface area contributed by atoms with Gasteiger partial charge < -0.3 is 10.4 Å². The van der Waals surface area contributed by atoms with E-state index in [-0.39, 0.29) is 5.69 Å². The van der Waals surface area contributed by atoms with Crippen LogP contribution in [0.3, 0.4) is 0 Å². The Morgan fingerprint density at radius 3 is 3.00 bits per heavy atom. The molecule has 0 bridgehead atoms. The first-order valence-corrected chi connectivity index (χ1v) is 4.83. The van der Waals surface area contributed by atoms with Gasteiger partial charge in [0, 0.05) is 6.54 Å². The van der Waals surface area contributed by atoms with Gasteiger partial charge in [0.05, 0.1) is 0 Å². The van der Waals surface area contributed by atoms with Crippen molar-refractivity contribution in [2.45, 2.75) is 13.3 Å². The summed E-state index contributed by atoms with van der Waals surface area (Å²) in [6.45, 7) is 2.71. The molecule has 1 rings (SSSR count). The smallest absolute Gasteiger partial charge is 0.354 e. The number of rotatable bonds is 5. The fraction of sp³-hybridized carbons (Fsp3) is 0.273. The van der Waals surface area contributed by atoms with Crippen molar-refractivity contribution in [3.63, 3.8) is 0 Å². The molecule has 80 valence electrons. The summed E-state index contributed by atoms with van der Waals surface area (Å²) in [5.41, 5.74) is 0.0551. The molecule has 0 aromatic carbocycles. The molecule has 0 aliphatic rings. The number of carboxylic acid groups (broad SMARTS) is 1. The molecule has 0 atom stereocenters. The van der Waals surface area contributed by atoms with E-state index in [0.29, 0.717) is 12.4 Å². The van der Waals surface area contributed by atoms with Crippen molar-refractivity contribution in [2.75, 3.05) is 11.9 Å². The van der Waals surface area contributed by atoms with Crippen LogP contribution in [0.5, 0.6) is 0 Å². The summed E-state index contributed by atoms with van der Waals surface area (Å²) in [5.74, 6) is -0.432. The third kappa shape index (κ3) is 3.81. The van der Waals surface area contributed by atoms with Crippen molar-refractivity contribution in [2.24, 2.45) is 0 Å². The summed E-state index contributed by atoms with van der Waals surface area (Å²) in [4.78, 5) is 14.6. The predicted molar refractivity (Wildman–Crippen MR) is 59.1 cm³/mol. The van der Waals surface area contributed by atoms with Gasteiger partial charge in [-0.2, -0.15) is 0 Å². The van der Waals surface area contributed by atoms with Gasteiger partial charge in [-0.15, -0.1) is 0 Å². The average molecular weight is 206 g/mol. The molecule has 0 amide bonds. The van der Waals surface area contributed by atoms with E-state index >= 15 is 0 Å². The Labute approximate surface area is 88.7 Å². The van der Waals surface area contributed by atoms with Gasteiger partial charge in [0.25, 0.3) is 0 Å². The van der Waals surface area contributed by atoms with Gasteiger partial charge in [0.15, 0.2) is 5.69 Å². The van der Waals surface area contributed by atoms with Crippen LogP contribution in [0.1, 0.15) is 23.8 Å². The third-order valence-corrected chi connectivity index (χ3v) is 1.77. The SMILES string of the molecule is CC/C=C/CNc1cccc(C(=O)O)n1. The third-order valence-electron chi connectivity index (χ3n) is 1.77. The van der Waals surface area contributed by atoms with Gasteiger partial charge in [0.1, 0.15) is 5.82 Å². The van der Waals surface area contributed by atoms with Crippen molar-refractivity contribution in [1.29, 1.82) is 0 Å². The van der Waals surface area contributed by atoms with Crippen LogP contribution >= 0.6 is 0 Å². The van der Waals surface area contributed by atoms with Crippen molar-refractivity contribution < 1.29 is 9.90 Å². The van der Waals surface area contributed by atoms with Gasteiger partial charge in [-0.1, -0.05) is 25.1 Å². The van der Waals surface area contributed by atoms with E-state index in [2.05, 4.69) is 17.2 Å². The maximum Gasteiger partial charge on any atom is 0.354 e. The summed E-state index contributed by atoms with van der Waals surface area (Å²) in [6, 6.07) is 4.88. The molecule has 0 aliphatic heterocycles. The Balaban J connectivity index is 2.58. The minimum absolute atomic E-state index is 0.0551. The fourth-order valence-electron chi connectivity index (χ4n) is 1.07. The van der Waals surface area contributed by atoms with Crippen molar-refractivity contribution >= 4 is 11.8 Å². The van der Waals surface area contributed by atoms with Crippen LogP contribution in [-0.4, -0.2) is 22.6 Å². The summed E-state index contributed by atoms with van der Waals surface area (Å²) < 4.78 is 0. The molecule has 0 saturated heterocycles. The monoisotopic (exact) mass is 206 g/mol. The lowest BCUT2D eigenvalue weighted by molar-refractivity contribution is 0.0690. The molecule has 0 spiro atoms. The van der Waals surface area contributed by atoms with Gasteiger partial charge in [-0.05, 0) is 18.6 Å². The number of anilines is 1. The highest BCUT2D eigenvalue weighted by molar-refractivity contribution is 5.85. The highest BCUT2D eigenvalue weighted by atomic mass is 16.4. The molecule has 0 unspecified atom stereocenters. The van der Waals surface area contributed by atoms with Crippen molar-refractivity contribution in [3.8, 4) is 0 Å². The number of carbonyl (C=O) groups is 1. The zero-order chi connectivity index (χ0) is 11.1. The lowest BCUT2D eigenvalue weighted by Crippen LogP contribution is -2.05. The second-order valence-electron chi connectivity index (χ2n) is 2.97. The number of nitrogens with one attached hydrogen (secondary N) is 1. The Bertz CT molecular complexity index is 361. The van der Waals surface area contributed by atoms with Crippen LogP contribution in [0.15, 0.2) is 30.4 Å². The molecule has 4 nitrogen and oxygen atoms in total. The zero-order valence-corrected chi connectivity index (χ0v) is 8.60. The minimum atomic E-state index is -1.01. The second-order valence-corrected chi connectivity index (χ2v) is 2.97. The number of carboxylic acids is 1. The van der Waals surface area contributed by atoms with E-state index in [1.165, 1.54) is 6.07 Å². The standard InChI is InChI=1S/C11H14N2O2/c1-2-3-4-8-12-10-7-5-6-9(13-10)11(14)15/h3-7H,2,8H2,1H3,(H,12,13)(H,14,15)/b4-3+. The number of hydrogen-bond acceptors (Lipinski definition) is 3. The number of aromatic carboxylic acids is 1. The normalized spacial score (nSPS) is 10.5. The van der Waals surface area contributed by atoms with Crippen LogP contribution in [0.25, 0.3) is 0 Å². The molecule has 0 saturated carbocycles. The van der Waals surface area contributed by atoms with Crippen LogP contribution < -0.4 is 5.32 Å². The average Bonchev–Trinajstić information content (AvgIpc) is 2.25. The van der Waals surface area contributed by atoms with E-state index < -0.39 is 5.97 Å². The van der Waals surface area contributed by atoms with Crippen LogP contribution in [0.2, 0.25) is 0 Å². The van der Waals surface area contributed by atoms with E-state index in [1.807, 2.05) is 12.2 Å². The fourth-order valence-corrected chi connectivity index (χ4v) is 1.07. The Morgan fingerprint density at radius 1 is 1.53 bits per heavy atom. The Morgan fingerprint density at radius 2 is 2.33 bits per heavy atom. The molecule has 1 aromatic heterocycles. The van der Waals surface area contributed by atoms with Crippen LogP contribution in [-0.2, 0) is 0 Å². The molecular formula is C11H14N2O2. The van der Waals surface area contributed by atoms with E-state index in [1.54, 1.807) is 12.1 Å². The Hall–Kier alpha value is -1.84. The summed E-state index contributed by atoms with van der Waals surface area (Å²) in [6.07, 6.45) is 5.01. The first-order valence-electron chi connectivity index (χ1n) is 4.83. The molecule has 15 heavy (non-hydrogen) atoms. The molecule has 4 heteroatoms. The molecule has 0 fully saturated rings. The van der Waals surface area contributed by atoms with Crippen LogP contribution in [0, 0.1) is 0 Å². The second kappa shape index (κ2) is 5.80. The first kappa shape index (κ1) is 11.2. The maximum atomic E-state index is 10.6. The molecule has 1 heterocycles. The highest BCUT2D eigenvalue weighted by Crippen LogP contribution is 2.04. The molecular weight excluding hydrogens is 192 g/mol. The van der Waals surface area contributed by atoms with E-state index in [0.717, 1.165) is 6.42 Å². The van der Waals surface area contributed by atoms with E-state index in [9.17, 15) is 4.79 Å². The quantitative estimate of drug-likeness (QED) is 0.725. The number of pyridine rings is 1. The van der Waals surface area contributed by atoms with Gasteiger partial charge in [-0.3, -0.25) is 0 Å². The summed E-state index contributed by atoms with van der Waals surface area (Å²) in [7, 11) is 0. The minimum Gasteiger partial charge on any atom is -0.477 e. The lowest BCUT2D eigenvalue weighted by Gasteiger charge is -2.02. The Kier molecular flexibility index (Phi) is 4.34. The van der Waals surface area contributed by atoms with Gasteiger partial charge in [-0.25, -0.2) is 9.78 Å².